The Morgan fingerprint density at radius 3 is 2.38 bits per heavy atom. The molecule has 0 aliphatic carbocycles. The van der Waals surface area contributed by atoms with E-state index in [1.54, 1.807) is 19.1 Å². The molecule has 0 saturated heterocycles. The molecule has 0 atom stereocenters. The summed E-state index contributed by atoms with van der Waals surface area (Å²) in [7, 11) is 1.40. The van der Waals surface area contributed by atoms with Gasteiger partial charge >= 0.3 is 6.18 Å². The Balaban J connectivity index is 2.00. The summed E-state index contributed by atoms with van der Waals surface area (Å²) < 4.78 is 52.7. The smallest absolute Gasteiger partial charge is 0.355 e. The molecule has 2 aromatic heterocycles. The van der Waals surface area contributed by atoms with Crippen molar-refractivity contribution >= 4 is 29.1 Å². The van der Waals surface area contributed by atoms with E-state index in [0.29, 0.717) is 24.0 Å². The number of hydrogen-bond donors (Lipinski definition) is 3. The lowest BCUT2D eigenvalue weighted by Crippen LogP contribution is -2.20. The molecular weight excluding hydrogens is 430 g/mol. The molecule has 0 aliphatic rings. The van der Waals surface area contributed by atoms with Gasteiger partial charge in [-0.15, -0.1) is 0 Å². The number of aromatic nitrogens is 2. The van der Waals surface area contributed by atoms with Crippen molar-refractivity contribution in [2.75, 3.05) is 17.7 Å². The Morgan fingerprint density at radius 1 is 0.969 bits per heavy atom. The maximum Gasteiger partial charge on any atom is 0.416 e. The molecule has 1 aromatic carbocycles. The van der Waals surface area contributed by atoms with E-state index in [0.717, 1.165) is 5.56 Å². The van der Waals surface area contributed by atoms with E-state index < -0.39 is 34.9 Å². The van der Waals surface area contributed by atoms with Gasteiger partial charge in [-0.2, -0.15) is 13.2 Å². The van der Waals surface area contributed by atoms with Crippen molar-refractivity contribution in [1.29, 1.82) is 0 Å². The van der Waals surface area contributed by atoms with Crippen LogP contribution in [-0.4, -0.2) is 28.8 Å². The first-order valence-corrected chi connectivity index (χ1v) is 9.18. The van der Waals surface area contributed by atoms with Gasteiger partial charge in [-0.05, 0) is 42.8 Å². The zero-order valence-corrected chi connectivity index (χ0v) is 16.8. The molecular formula is C21H17F4N5O2. The van der Waals surface area contributed by atoms with E-state index in [-0.39, 0.29) is 17.1 Å². The molecule has 0 fully saturated rings. The number of carbonyl (C=O) groups is 2. The standard InChI is InChI=1S/C21H17F4N5O2/c1-11-4-3-5-27-17(11)30-18-16(8-13(10-28-18)19(31)26-2)29-20(32)12-6-14(21(23,24)25)9-15(22)7-12/h3-10H,1-2H3,(H,26,31)(H,29,32)(H,27,28,30). The lowest BCUT2D eigenvalue weighted by Gasteiger charge is -2.15. The maximum absolute atomic E-state index is 13.7. The minimum Gasteiger partial charge on any atom is -0.355 e. The fourth-order valence-electron chi connectivity index (χ4n) is 2.74. The molecule has 11 heteroatoms. The van der Waals surface area contributed by atoms with Crippen molar-refractivity contribution in [2.24, 2.45) is 0 Å². The van der Waals surface area contributed by atoms with Gasteiger partial charge in [0.15, 0.2) is 5.82 Å². The highest BCUT2D eigenvalue weighted by molar-refractivity contribution is 6.07. The minimum absolute atomic E-state index is 0.0148. The van der Waals surface area contributed by atoms with Crippen LogP contribution in [0.2, 0.25) is 0 Å². The monoisotopic (exact) mass is 447 g/mol. The Morgan fingerprint density at radius 2 is 1.72 bits per heavy atom. The number of amides is 2. The van der Waals surface area contributed by atoms with E-state index in [2.05, 4.69) is 25.9 Å². The van der Waals surface area contributed by atoms with Crippen LogP contribution in [0.15, 0.2) is 48.8 Å². The number of benzene rings is 1. The predicted octanol–water partition coefficient (Wildman–Crippen LogP) is 4.30. The molecule has 0 radical (unpaired) electrons. The molecule has 0 bridgehead atoms. The lowest BCUT2D eigenvalue weighted by molar-refractivity contribution is -0.137. The third-order valence-corrected chi connectivity index (χ3v) is 4.36. The van der Waals surface area contributed by atoms with Crippen LogP contribution in [0.1, 0.15) is 31.8 Å². The zero-order chi connectivity index (χ0) is 23.5. The quantitative estimate of drug-likeness (QED) is 0.507. The molecule has 0 spiro atoms. The summed E-state index contributed by atoms with van der Waals surface area (Å²) in [5, 5.41) is 7.70. The minimum atomic E-state index is -4.83. The summed E-state index contributed by atoms with van der Waals surface area (Å²) in [4.78, 5) is 32.9. The molecule has 0 aliphatic heterocycles. The average molecular weight is 447 g/mol. The van der Waals surface area contributed by atoms with Crippen LogP contribution in [-0.2, 0) is 6.18 Å². The Hall–Kier alpha value is -4.02. The van der Waals surface area contributed by atoms with Crippen molar-refractivity contribution in [3.8, 4) is 0 Å². The lowest BCUT2D eigenvalue weighted by atomic mass is 10.1. The first-order chi connectivity index (χ1) is 15.1. The molecule has 3 rings (SSSR count). The first-order valence-electron chi connectivity index (χ1n) is 9.18. The maximum atomic E-state index is 13.7. The molecule has 0 unspecified atom stereocenters. The normalized spacial score (nSPS) is 11.1. The van der Waals surface area contributed by atoms with Crippen LogP contribution >= 0.6 is 0 Å². The number of alkyl halides is 3. The third kappa shape index (κ3) is 5.17. The highest BCUT2D eigenvalue weighted by atomic mass is 19.4. The summed E-state index contributed by atoms with van der Waals surface area (Å²) in [6.45, 7) is 1.78. The van der Waals surface area contributed by atoms with Gasteiger partial charge in [-0.25, -0.2) is 14.4 Å². The Kier molecular flexibility index (Phi) is 6.37. The fourth-order valence-corrected chi connectivity index (χ4v) is 2.74. The summed E-state index contributed by atoms with van der Waals surface area (Å²) >= 11 is 0. The molecule has 2 heterocycles. The Labute approximate surface area is 179 Å². The van der Waals surface area contributed by atoms with Crippen molar-refractivity contribution in [3.05, 3.63) is 76.9 Å². The highest BCUT2D eigenvalue weighted by Crippen LogP contribution is 2.31. The second-order valence-corrected chi connectivity index (χ2v) is 6.67. The molecule has 7 nitrogen and oxygen atoms in total. The highest BCUT2D eigenvalue weighted by Gasteiger charge is 2.32. The number of nitrogens with zero attached hydrogens (tertiary/aromatic N) is 2. The fraction of sp³-hybridized carbons (Fsp3) is 0.143. The van der Waals surface area contributed by atoms with Crippen LogP contribution in [0.5, 0.6) is 0 Å². The average Bonchev–Trinajstić information content (AvgIpc) is 2.74. The van der Waals surface area contributed by atoms with Crippen LogP contribution in [0.3, 0.4) is 0 Å². The van der Waals surface area contributed by atoms with Gasteiger partial charge in [-0.1, -0.05) is 6.07 Å². The van der Waals surface area contributed by atoms with E-state index in [9.17, 15) is 27.2 Å². The van der Waals surface area contributed by atoms with E-state index in [1.807, 2.05) is 0 Å². The van der Waals surface area contributed by atoms with Crippen molar-refractivity contribution in [3.63, 3.8) is 0 Å². The summed E-state index contributed by atoms with van der Waals surface area (Å²) in [5.74, 6) is -2.25. The van der Waals surface area contributed by atoms with E-state index in [4.69, 9.17) is 0 Å². The number of pyridine rings is 2. The number of anilines is 3. The van der Waals surface area contributed by atoms with Crippen molar-refractivity contribution in [2.45, 2.75) is 13.1 Å². The predicted molar refractivity (Wildman–Crippen MR) is 109 cm³/mol. The summed E-state index contributed by atoms with van der Waals surface area (Å²) in [5.41, 5.74) is -1.04. The van der Waals surface area contributed by atoms with Gasteiger partial charge in [0.1, 0.15) is 11.6 Å². The van der Waals surface area contributed by atoms with Gasteiger partial charge < -0.3 is 16.0 Å². The Bertz CT molecular complexity index is 1180. The van der Waals surface area contributed by atoms with Crippen molar-refractivity contribution < 1.29 is 27.2 Å². The van der Waals surface area contributed by atoms with Crippen molar-refractivity contribution in [1.82, 2.24) is 15.3 Å². The SMILES string of the molecule is CNC(=O)c1cnc(Nc2ncccc2C)c(NC(=O)c2cc(F)cc(C(F)(F)F)c2)c1. The second kappa shape index (κ2) is 9.00. The zero-order valence-electron chi connectivity index (χ0n) is 16.8. The van der Waals surface area contributed by atoms with Gasteiger partial charge in [0, 0.05) is 25.0 Å². The number of halogens is 4. The van der Waals surface area contributed by atoms with Gasteiger partial charge in [0.2, 0.25) is 0 Å². The second-order valence-electron chi connectivity index (χ2n) is 6.67. The molecule has 3 aromatic rings. The first kappa shape index (κ1) is 22.7. The number of rotatable bonds is 5. The van der Waals surface area contributed by atoms with Crippen LogP contribution in [0, 0.1) is 12.7 Å². The van der Waals surface area contributed by atoms with Gasteiger partial charge in [0.25, 0.3) is 11.8 Å². The molecule has 3 N–H and O–H groups in total. The molecule has 166 valence electrons. The largest absolute Gasteiger partial charge is 0.416 e. The number of aryl methyl sites for hydroxylation is 1. The topological polar surface area (TPSA) is 96.0 Å². The number of carbonyl (C=O) groups excluding carboxylic acids is 2. The van der Waals surface area contributed by atoms with E-state index in [1.165, 1.54) is 25.5 Å². The number of hydrogen-bond acceptors (Lipinski definition) is 5. The molecule has 2 amide bonds. The number of nitrogens with one attached hydrogen (secondary N) is 3. The van der Waals surface area contributed by atoms with E-state index >= 15 is 0 Å². The summed E-state index contributed by atoms with van der Waals surface area (Å²) in [6.07, 6.45) is -2.06. The molecule has 0 saturated carbocycles. The van der Waals surface area contributed by atoms with Gasteiger partial charge in [-0.3, -0.25) is 9.59 Å². The molecule has 32 heavy (non-hydrogen) atoms. The van der Waals surface area contributed by atoms with Crippen LogP contribution < -0.4 is 16.0 Å². The summed E-state index contributed by atoms with van der Waals surface area (Å²) in [6, 6.07) is 6.28. The third-order valence-electron chi connectivity index (χ3n) is 4.36. The van der Waals surface area contributed by atoms with Crippen LogP contribution in [0.25, 0.3) is 0 Å². The van der Waals surface area contributed by atoms with Crippen LogP contribution in [0.4, 0.5) is 34.9 Å². The van der Waals surface area contributed by atoms with Gasteiger partial charge in [0.05, 0.1) is 16.8 Å².